The van der Waals surface area contributed by atoms with E-state index in [1.165, 1.54) is 0 Å². The third kappa shape index (κ3) is 4.68. The number of hydrogen-bond donors (Lipinski definition) is 2. The highest BCUT2D eigenvalue weighted by atomic mass is 16.5. The number of nitrogens with one attached hydrogen (secondary N) is 1. The zero-order valence-electron chi connectivity index (χ0n) is 16.4. The molecule has 0 amide bonds. The van der Waals surface area contributed by atoms with E-state index >= 15 is 0 Å². The van der Waals surface area contributed by atoms with Gasteiger partial charge in [-0.25, -0.2) is 0 Å². The Bertz CT molecular complexity index is 896. The van der Waals surface area contributed by atoms with Crippen molar-refractivity contribution in [3.05, 3.63) is 60.0 Å². The summed E-state index contributed by atoms with van der Waals surface area (Å²) in [7, 11) is 3.53. The normalized spacial score (nSPS) is 12.0. The van der Waals surface area contributed by atoms with Crippen molar-refractivity contribution in [2.45, 2.75) is 19.5 Å². The second-order valence-corrected chi connectivity index (χ2v) is 6.50. The van der Waals surface area contributed by atoms with Crippen molar-refractivity contribution in [3.8, 4) is 22.8 Å². The van der Waals surface area contributed by atoms with Crippen LogP contribution < -0.4 is 14.8 Å². The minimum absolute atomic E-state index is 0.0339. The molecule has 3 rings (SSSR count). The van der Waals surface area contributed by atoms with Crippen LogP contribution in [-0.4, -0.2) is 40.2 Å². The number of aliphatic hydroxyl groups excluding tert-OH is 1. The lowest BCUT2D eigenvalue weighted by Gasteiger charge is -2.17. The lowest BCUT2D eigenvalue weighted by atomic mass is 10.1. The van der Waals surface area contributed by atoms with Crippen LogP contribution in [0.4, 0.5) is 0 Å². The number of benzene rings is 1. The van der Waals surface area contributed by atoms with Crippen LogP contribution in [0.3, 0.4) is 0 Å². The first-order chi connectivity index (χ1) is 13.6. The fourth-order valence-corrected chi connectivity index (χ4v) is 3.03. The number of aryl methyl sites for hydroxylation is 1. The van der Waals surface area contributed by atoms with Gasteiger partial charge in [0.15, 0.2) is 11.5 Å². The minimum Gasteiger partial charge on any atom is -0.493 e. The van der Waals surface area contributed by atoms with E-state index in [1.54, 1.807) is 19.5 Å². The van der Waals surface area contributed by atoms with Crippen molar-refractivity contribution >= 4 is 0 Å². The summed E-state index contributed by atoms with van der Waals surface area (Å²) in [6, 6.07) is 9.86. The smallest absolute Gasteiger partial charge is 0.161 e. The largest absolute Gasteiger partial charge is 0.493 e. The van der Waals surface area contributed by atoms with E-state index < -0.39 is 0 Å². The monoisotopic (exact) mass is 382 g/mol. The molecule has 7 nitrogen and oxygen atoms in total. The van der Waals surface area contributed by atoms with Crippen molar-refractivity contribution in [1.82, 2.24) is 20.1 Å². The van der Waals surface area contributed by atoms with Crippen LogP contribution in [0.1, 0.15) is 24.1 Å². The summed E-state index contributed by atoms with van der Waals surface area (Å²) >= 11 is 0. The predicted octanol–water partition coefficient (Wildman–Crippen LogP) is 2.71. The van der Waals surface area contributed by atoms with E-state index in [0.29, 0.717) is 18.0 Å². The molecule has 1 unspecified atom stereocenters. The topological polar surface area (TPSA) is 81.4 Å². The number of methoxy groups -OCH3 is 1. The maximum Gasteiger partial charge on any atom is 0.161 e. The Kier molecular flexibility index (Phi) is 6.62. The first-order valence-corrected chi connectivity index (χ1v) is 9.20. The average Bonchev–Trinajstić information content (AvgIpc) is 3.11. The van der Waals surface area contributed by atoms with E-state index in [1.807, 2.05) is 48.3 Å². The Hall–Kier alpha value is -2.90. The number of ether oxygens (including phenoxy) is 2. The molecule has 0 aliphatic carbocycles. The fraction of sp³-hybridized carbons (Fsp3) is 0.333. The van der Waals surface area contributed by atoms with Gasteiger partial charge in [-0.05, 0) is 36.8 Å². The Morgan fingerprint density at radius 1 is 1.18 bits per heavy atom. The molecule has 0 saturated heterocycles. The van der Waals surface area contributed by atoms with Gasteiger partial charge in [0.2, 0.25) is 0 Å². The van der Waals surface area contributed by atoms with E-state index in [-0.39, 0.29) is 19.3 Å². The van der Waals surface area contributed by atoms with Crippen LogP contribution in [0.15, 0.2) is 48.9 Å². The molecule has 0 radical (unpaired) electrons. The van der Waals surface area contributed by atoms with Crippen LogP contribution in [0.5, 0.6) is 11.5 Å². The number of nitrogens with zero attached hydrogens (tertiary/aromatic N) is 3. The lowest BCUT2D eigenvalue weighted by molar-refractivity contribution is 0.196. The molecule has 28 heavy (non-hydrogen) atoms. The highest BCUT2D eigenvalue weighted by Crippen LogP contribution is 2.30. The molecule has 2 N–H and O–H groups in total. The second kappa shape index (κ2) is 9.34. The molecule has 0 saturated carbocycles. The predicted molar refractivity (Wildman–Crippen MR) is 107 cm³/mol. The van der Waals surface area contributed by atoms with Gasteiger partial charge in [-0.3, -0.25) is 9.67 Å². The summed E-state index contributed by atoms with van der Waals surface area (Å²) in [5.74, 6) is 1.28. The Morgan fingerprint density at radius 2 is 1.96 bits per heavy atom. The molecule has 7 heteroatoms. The summed E-state index contributed by atoms with van der Waals surface area (Å²) in [6.45, 7) is 2.99. The molecule has 0 aliphatic rings. The quantitative estimate of drug-likeness (QED) is 0.592. The first kappa shape index (κ1) is 19.9. The molecule has 2 heterocycles. The van der Waals surface area contributed by atoms with Gasteiger partial charge in [0, 0.05) is 49.4 Å². The van der Waals surface area contributed by atoms with Gasteiger partial charge in [0.25, 0.3) is 0 Å². The van der Waals surface area contributed by atoms with Gasteiger partial charge >= 0.3 is 0 Å². The Balaban J connectivity index is 1.72. The van der Waals surface area contributed by atoms with Gasteiger partial charge in [0.05, 0.1) is 19.4 Å². The van der Waals surface area contributed by atoms with Crippen LogP contribution >= 0.6 is 0 Å². The van der Waals surface area contributed by atoms with Crippen molar-refractivity contribution in [1.29, 1.82) is 0 Å². The third-order valence-electron chi connectivity index (χ3n) is 4.49. The standard InChI is InChI=1S/C21H26N4O3/c1-15(17-4-5-19(28-11-10-26)20(12-17)27-3)23-13-18-14-25(2)24-21(18)16-6-8-22-9-7-16/h4-9,12,14-15,23,26H,10-11,13H2,1-3H3. The van der Waals surface area contributed by atoms with Gasteiger partial charge < -0.3 is 19.9 Å². The summed E-state index contributed by atoms with van der Waals surface area (Å²) < 4.78 is 12.7. The molecule has 0 bridgehead atoms. The van der Waals surface area contributed by atoms with Gasteiger partial charge in [-0.15, -0.1) is 0 Å². The summed E-state index contributed by atoms with van der Waals surface area (Å²) in [6.07, 6.45) is 5.58. The molecule has 2 aromatic heterocycles. The average molecular weight is 382 g/mol. The maximum atomic E-state index is 8.93. The highest BCUT2D eigenvalue weighted by molar-refractivity contribution is 5.61. The van der Waals surface area contributed by atoms with Crippen molar-refractivity contribution in [3.63, 3.8) is 0 Å². The second-order valence-electron chi connectivity index (χ2n) is 6.50. The van der Waals surface area contributed by atoms with Gasteiger partial charge in [0.1, 0.15) is 6.61 Å². The fourth-order valence-electron chi connectivity index (χ4n) is 3.03. The van der Waals surface area contributed by atoms with Gasteiger partial charge in [-0.1, -0.05) is 6.07 Å². The van der Waals surface area contributed by atoms with Gasteiger partial charge in [-0.2, -0.15) is 5.10 Å². The summed E-state index contributed by atoms with van der Waals surface area (Å²) in [5, 5.41) is 17.1. The molecule has 1 aromatic carbocycles. The zero-order chi connectivity index (χ0) is 19.9. The molecule has 3 aromatic rings. The number of rotatable bonds is 9. The lowest BCUT2D eigenvalue weighted by Crippen LogP contribution is -2.18. The molecule has 0 spiro atoms. The molecular weight excluding hydrogens is 356 g/mol. The van der Waals surface area contributed by atoms with E-state index in [4.69, 9.17) is 14.6 Å². The number of aromatic nitrogens is 3. The van der Waals surface area contributed by atoms with E-state index in [2.05, 4.69) is 22.3 Å². The third-order valence-corrected chi connectivity index (χ3v) is 4.49. The number of aliphatic hydroxyl groups is 1. The van der Waals surface area contributed by atoms with E-state index in [9.17, 15) is 0 Å². The number of hydrogen-bond acceptors (Lipinski definition) is 6. The maximum absolute atomic E-state index is 8.93. The van der Waals surface area contributed by atoms with Crippen molar-refractivity contribution in [2.24, 2.45) is 7.05 Å². The summed E-state index contributed by atoms with van der Waals surface area (Å²) in [4.78, 5) is 4.08. The van der Waals surface area contributed by atoms with Crippen molar-refractivity contribution < 1.29 is 14.6 Å². The molecule has 1 atom stereocenters. The van der Waals surface area contributed by atoms with Crippen LogP contribution in [0, 0.1) is 0 Å². The molecular formula is C21H26N4O3. The number of pyridine rings is 1. The van der Waals surface area contributed by atoms with Crippen LogP contribution in [-0.2, 0) is 13.6 Å². The molecule has 148 valence electrons. The summed E-state index contributed by atoms with van der Waals surface area (Å²) in [5.41, 5.74) is 4.21. The molecule has 0 aliphatic heterocycles. The molecule has 0 fully saturated rings. The Labute approximate surface area is 164 Å². The zero-order valence-corrected chi connectivity index (χ0v) is 16.4. The first-order valence-electron chi connectivity index (χ1n) is 9.20. The highest BCUT2D eigenvalue weighted by Gasteiger charge is 2.14. The SMILES string of the molecule is COc1cc(C(C)NCc2cn(C)nc2-c2ccncc2)ccc1OCCO. The van der Waals surface area contributed by atoms with Crippen molar-refractivity contribution in [2.75, 3.05) is 20.3 Å². The minimum atomic E-state index is -0.0339. The Morgan fingerprint density at radius 3 is 2.68 bits per heavy atom. The van der Waals surface area contributed by atoms with Crippen LogP contribution in [0.25, 0.3) is 11.3 Å². The van der Waals surface area contributed by atoms with Crippen LogP contribution in [0.2, 0.25) is 0 Å². The van der Waals surface area contributed by atoms with E-state index in [0.717, 1.165) is 22.4 Å².